The van der Waals surface area contributed by atoms with Gasteiger partial charge in [0.25, 0.3) is 0 Å². The predicted molar refractivity (Wildman–Crippen MR) is 95.6 cm³/mol. The van der Waals surface area contributed by atoms with Gasteiger partial charge >= 0.3 is 5.97 Å². The molecule has 0 aliphatic rings. The first-order valence-electron chi connectivity index (χ1n) is 8.35. The maximum atomic E-state index is 12.0. The highest BCUT2D eigenvalue weighted by atomic mass is 16.5. The SMILES string of the molecule is CCOC(=O)c1ccc(N(CCC(=O)NCc2ccco2)C(C)=O)cc1. The number of esters is 1. The van der Waals surface area contributed by atoms with Gasteiger partial charge in [0.15, 0.2) is 0 Å². The molecular formula is C19H22N2O5. The van der Waals surface area contributed by atoms with Crippen LogP contribution in [0.4, 0.5) is 5.69 Å². The molecule has 1 heterocycles. The fourth-order valence-electron chi connectivity index (χ4n) is 2.36. The number of hydrogen-bond acceptors (Lipinski definition) is 5. The molecule has 1 aromatic heterocycles. The molecule has 0 unspecified atom stereocenters. The Morgan fingerprint density at radius 1 is 1.15 bits per heavy atom. The Morgan fingerprint density at radius 3 is 2.46 bits per heavy atom. The van der Waals surface area contributed by atoms with Crippen molar-refractivity contribution in [3.8, 4) is 0 Å². The van der Waals surface area contributed by atoms with Gasteiger partial charge in [-0.05, 0) is 43.3 Å². The van der Waals surface area contributed by atoms with Crippen molar-refractivity contribution in [2.24, 2.45) is 0 Å². The number of amides is 2. The van der Waals surface area contributed by atoms with Gasteiger partial charge in [-0.1, -0.05) is 0 Å². The molecule has 26 heavy (non-hydrogen) atoms. The average Bonchev–Trinajstić information content (AvgIpc) is 3.14. The lowest BCUT2D eigenvalue weighted by Gasteiger charge is -2.21. The summed E-state index contributed by atoms with van der Waals surface area (Å²) in [7, 11) is 0. The minimum Gasteiger partial charge on any atom is -0.467 e. The summed E-state index contributed by atoms with van der Waals surface area (Å²) >= 11 is 0. The van der Waals surface area contributed by atoms with Crippen LogP contribution in [-0.4, -0.2) is 30.9 Å². The number of ether oxygens (including phenoxy) is 1. The summed E-state index contributed by atoms with van der Waals surface area (Å²) in [5.41, 5.74) is 1.03. The lowest BCUT2D eigenvalue weighted by Crippen LogP contribution is -2.33. The molecule has 0 atom stereocenters. The van der Waals surface area contributed by atoms with Crippen LogP contribution in [0.5, 0.6) is 0 Å². The normalized spacial score (nSPS) is 10.2. The number of hydrogen-bond donors (Lipinski definition) is 1. The van der Waals surface area contributed by atoms with Crippen molar-refractivity contribution < 1.29 is 23.5 Å². The Kier molecular flexibility index (Phi) is 6.96. The maximum Gasteiger partial charge on any atom is 0.338 e. The molecule has 0 bridgehead atoms. The second-order valence-corrected chi connectivity index (χ2v) is 5.54. The van der Waals surface area contributed by atoms with Crippen LogP contribution in [0.15, 0.2) is 47.1 Å². The Morgan fingerprint density at radius 2 is 1.88 bits per heavy atom. The van der Waals surface area contributed by atoms with E-state index in [4.69, 9.17) is 9.15 Å². The first kappa shape index (κ1) is 19.2. The van der Waals surface area contributed by atoms with Crippen molar-refractivity contribution in [3.05, 3.63) is 54.0 Å². The van der Waals surface area contributed by atoms with Gasteiger partial charge in [0.05, 0.1) is 25.0 Å². The summed E-state index contributed by atoms with van der Waals surface area (Å²) in [6.45, 7) is 4.01. The van der Waals surface area contributed by atoms with Crippen molar-refractivity contribution in [2.75, 3.05) is 18.1 Å². The molecule has 138 valence electrons. The summed E-state index contributed by atoms with van der Waals surface area (Å²) in [6.07, 6.45) is 1.69. The van der Waals surface area contributed by atoms with Crippen molar-refractivity contribution in [3.63, 3.8) is 0 Å². The minimum absolute atomic E-state index is 0.153. The minimum atomic E-state index is -0.411. The van der Waals surface area contributed by atoms with Gasteiger partial charge in [-0.2, -0.15) is 0 Å². The van der Waals surface area contributed by atoms with Crippen molar-refractivity contribution in [1.29, 1.82) is 0 Å². The number of furan rings is 1. The number of rotatable bonds is 8. The lowest BCUT2D eigenvalue weighted by molar-refractivity contribution is -0.121. The van der Waals surface area contributed by atoms with E-state index in [2.05, 4.69) is 5.32 Å². The largest absolute Gasteiger partial charge is 0.467 e. The van der Waals surface area contributed by atoms with Crippen LogP contribution < -0.4 is 10.2 Å². The second-order valence-electron chi connectivity index (χ2n) is 5.54. The summed E-state index contributed by atoms with van der Waals surface area (Å²) < 4.78 is 10.1. The van der Waals surface area contributed by atoms with E-state index in [0.717, 1.165) is 0 Å². The Bertz CT molecular complexity index is 738. The summed E-state index contributed by atoms with van der Waals surface area (Å²) in [4.78, 5) is 37.0. The molecule has 0 radical (unpaired) electrons. The molecule has 0 saturated heterocycles. The number of carbonyl (C=O) groups excluding carboxylic acids is 3. The fourth-order valence-corrected chi connectivity index (χ4v) is 2.36. The van der Waals surface area contributed by atoms with Crippen LogP contribution in [0.3, 0.4) is 0 Å². The van der Waals surface area contributed by atoms with Crippen molar-refractivity contribution in [2.45, 2.75) is 26.8 Å². The highest BCUT2D eigenvalue weighted by molar-refractivity contribution is 5.94. The molecular weight excluding hydrogens is 336 g/mol. The first-order valence-corrected chi connectivity index (χ1v) is 8.35. The van der Waals surface area contributed by atoms with E-state index in [1.807, 2.05) is 0 Å². The first-order chi connectivity index (χ1) is 12.5. The van der Waals surface area contributed by atoms with Gasteiger partial charge < -0.3 is 19.4 Å². The molecule has 0 saturated carbocycles. The van der Waals surface area contributed by atoms with E-state index >= 15 is 0 Å². The zero-order valence-corrected chi connectivity index (χ0v) is 14.9. The molecule has 0 spiro atoms. The van der Waals surface area contributed by atoms with Gasteiger partial charge in [0, 0.05) is 25.6 Å². The highest BCUT2D eigenvalue weighted by Crippen LogP contribution is 2.17. The number of carbonyl (C=O) groups is 3. The smallest absolute Gasteiger partial charge is 0.338 e. The van der Waals surface area contributed by atoms with E-state index in [1.165, 1.54) is 11.8 Å². The molecule has 0 fully saturated rings. The quantitative estimate of drug-likeness (QED) is 0.733. The number of anilines is 1. The molecule has 1 aromatic carbocycles. The second kappa shape index (κ2) is 9.41. The fraction of sp³-hybridized carbons (Fsp3) is 0.316. The number of nitrogens with zero attached hydrogens (tertiary/aromatic N) is 1. The van der Waals surface area contributed by atoms with Gasteiger partial charge in [0.1, 0.15) is 5.76 Å². The number of benzene rings is 1. The third kappa shape index (κ3) is 5.47. The van der Waals surface area contributed by atoms with Crippen LogP contribution in [-0.2, 0) is 20.9 Å². The van der Waals surface area contributed by atoms with E-state index in [0.29, 0.717) is 30.2 Å². The Labute approximate surface area is 151 Å². The summed E-state index contributed by atoms with van der Waals surface area (Å²) in [5, 5.41) is 2.74. The van der Waals surface area contributed by atoms with Gasteiger partial charge in [0.2, 0.25) is 11.8 Å². The summed E-state index contributed by atoms with van der Waals surface area (Å²) in [6, 6.07) is 10.0. The third-order valence-electron chi connectivity index (χ3n) is 3.67. The zero-order valence-electron chi connectivity index (χ0n) is 14.9. The van der Waals surface area contributed by atoms with E-state index in [9.17, 15) is 14.4 Å². The van der Waals surface area contributed by atoms with E-state index < -0.39 is 5.97 Å². The average molecular weight is 358 g/mol. The zero-order chi connectivity index (χ0) is 18.9. The van der Waals surface area contributed by atoms with Gasteiger partial charge in [-0.3, -0.25) is 9.59 Å². The van der Waals surface area contributed by atoms with Gasteiger partial charge in [-0.25, -0.2) is 4.79 Å². The molecule has 2 amide bonds. The maximum absolute atomic E-state index is 12.0. The third-order valence-corrected chi connectivity index (χ3v) is 3.67. The molecule has 2 rings (SSSR count). The Hall–Kier alpha value is -3.09. The van der Waals surface area contributed by atoms with Crippen molar-refractivity contribution in [1.82, 2.24) is 5.32 Å². The van der Waals surface area contributed by atoms with Crippen molar-refractivity contribution >= 4 is 23.5 Å². The highest BCUT2D eigenvalue weighted by Gasteiger charge is 2.15. The standard InChI is InChI=1S/C19H22N2O5/c1-3-25-19(24)15-6-8-16(9-7-15)21(14(2)22)11-10-18(23)20-13-17-5-4-12-26-17/h4-9,12H,3,10-11,13H2,1-2H3,(H,20,23). The van der Waals surface area contributed by atoms with Crippen LogP contribution in [0.25, 0.3) is 0 Å². The molecule has 0 aliphatic carbocycles. The summed E-state index contributed by atoms with van der Waals surface area (Å²) in [5.74, 6) is -0.120. The Balaban J connectivity index is 1.92. The van der Waals surface area contributed by atoms with Gasteiger partial charge in [-0.15, -0.1) is 0 Å². The molecule has 2 aromatic rings. The lowest BCUT2D eigenvalue weighted by atomic mass is 10.2. The molecule has 7 heteroatoms. The van der Waals surface area contributed by atoms with Crippen LogP contribution in [0, 0.1) is 0 Å². The number of nitrogens with one attached hydrogen (secondary N) is 1. The van der Waals surface area contributed by atoms with Crippen LogP contribution in [0.2, 0.25) is 0 Å². The molecule has 1 N–H and O–H groups in total. The van der Waals surface area contributed by atoms with E-state index in [1.54, 1.807) is 49.6 Å². The van der Waals surface area contributed by atoms with Crippen LogP contribution in [0.1, 0.15) is 36.4 Å². The predicted octanol–water partition coefficient (Wildman–Crippen LogP) is 2.52. The molecule has 7 nitrogen and oxygen atoms in total. The van der Waals surface area contributed by atoms with E-state index in [-0.39, 0.29) is 24.8 Å². The van der Waals surface area contributed by atoms with Crippen LogP contribution >= 0.6 is 0 Å². The monoisotopic (exact) mass is 358 g/mol. The molecule has 0 aliphatic heterocycles. The topological polar surface area (TPSA) is 88.8 Å².